The van der Waals surface area contributed by atoms with Gasteiger partial charge in [0.2, 0.25) is 0 Å². The Bertz CT molecular complexity index is 452. The molecule has 2 heterocycles. The molecule has 0 aromatic carbocycles. The molecule has 1 unspecified atom stereocenters. The van der Waals surface area contributed by atoms with E-state index in [0.717, 1.165) is 19.4 Å². The first-order chi connectivity index (χ1) is 9.75. The predicted octanol–water partition coefficient (Wildman–Crippen LogP) is 2.32. The Kier molecular flexibility index (Phi) is 4.20. The molecule has 3 rings (SSSR count). The Morgan fingerprint density at radius 1 is 1.25 bits per heavy atom. The molecule has 0 spiro atoms. The summed E-state index contributed by atoms with van der Waals surface area (Å²) in [5, 5.41) is 3.61. The second-order valence-electron chi connectivity index (χ2n) is 6.37. The molecule has 0 saturated carbocycles. The standard InChI is InChI=1S/C16H26N4/c1-12(2)20(10-13-6-5-9-17-13)16-14-7-3-4-8-15(14)18-11-19-16/h11-13,17H,3-10H2,1-2H3. The molecule has 20 heavy (non-hydrogen) atoms. The van der Waals surface area contributed by atoms with Gasteiger partial charge >= 0.3 is 0 Å². The maximum absolute atomic E-state index is 4.64. The van der Waals surface area contributed by atoms with Crippen molar-refractivity contribution in [3.63, 3.8) is 0 Å². The summed E-state index contributed by atoms with van der Waals surface area (Å²) >= 11 is 0. The molecular weight excluding hydrogens is 248 g/mol. The minimum atomic E-state index is 0.485. The summed E-state index contributed by atoms with van der Waals surface area (Å²) < 4.78 is 0. The zero-order chi connectivity index (χ0) is 13.9. The number of nitrogens with one attached hydrogen (secondary N) is 1. The van der Waals surface area contributed by atoms with Crippen LogP contribution in [0, 0.1) is 0 Å². The van der Waals surface area contributed by atoms with Crippen LogP contribution >= 0.6 is 0 Å². The summed E-state index contributed by atoms with van der Waals surface area (Å²) in [4.78, 5) is 11.6. The van der Waals surface area contributed by atoms with Crippen LogP contribution in [0.1, 0.15) is 50.8 Å². The van der Waals surface area contributed by atoms with Crippen LogP contribution in [-0.2, 0) is 12.8 Å². The summed E-state index contributed by atoms with van der Waals surface area (Å²) in [6, 6.07) is 1.10. The van der Waals surface area contributed by atoms with E-state index in [1.807, 2.05) is 0 Å². The zero-order valence-electron chi connectivity index (χ0n) is 12.7. The Labute approximate surface area is 122 Å². The molecule has 1 N–H and O–H groups in total. The molecule has 0 amide bonds. The molecule has 1 aromatic rings. The van der Waals surface area contributed by atoms with Crippen molar-refractivity contribution in [2.45, 2.75) is 64.5 Å². The first-order valence-corrected chi connectivity index (χ1v) is 8.08. The third kappa shape index (κ3) is 2.80. The average molecular weight is 274 g/mol. The monoisotopic (exact) mass is 274 g/mol. The summed E-state index contributed by atoms with van der Waals surface area (Å²) in [5.41, 5.74) is 2.69. The molecule has 1 fully saturated rings. The molecule has 1 atom stereocenters. The van der Waals surface area contributed by atoms with Crippen LogP contribution in [0.15, 0.2) is 6.33 Å². The fourth-order valence-electron chi connectivity index (χ4n) is 3.44. The SMILES string of the molecule is CC(C)N(CC1CCCN1)c1ncnc2c1CCCC2. The van der Waals surface area contributed by atoms with Crippen molar-refractivity contribution in [3.8, 4) is 0 Å². The number of nitrogens with zero attached hydrogens (tertiary/aromatic N) is 3. The second kappa shape index (κ2) is 6.08. The van der Waals surface area contributed by atoms with E-state index in [1.165, 1.54) is 49.3 Å². The molecular formula is C16H26N4. The van der Waals surface area contributed by atoms with Crippen molar-refractivity contribution in [2.24, 2.45) is 0 Å². The van der Waals surface area contributed by atoms with Gasteiger partial charge in [-0.15, -0.1) is 0 Å². The van der Waals surface area contributed by atoms with E-state index in [1.54, 1.807) is 6.33 Å². The first kappa shape index (κ1) is 13.8. The molecule has 1 aromatic heterocycles. The number of aromatic nitrogens is 2. The highest BCUT2D eigenvalue weighted by Crippen LogP contribution is 2.28. The predicted molar refractivity (Wildman–Crippen MR) is 82.2 cm³/mol. The van der Waals surface area contributed by atoms with Crippen LogP contribution in [0.5, 0.6) is 0 Å². The number of anilines is 1. The van der Waals surface area contributed by atoms with Crippen LogP contribution in [0.3, 0.4) is 0 Å². The van der Waals surface area contributed by atoms with Gasteiger partial charge in [0, 0.05) is 29.9 Å². The molecule has 4 heteroatoms. The van der Waals surface area contributed by atoms with Crippen molar-refractivity contribution in [1.29, 1.82) is 0 Å². The van der Waals surface area contributed by atoms with Crippen molar-refractivity contribution >= 4 is 5.82 Å². The minimum Gasteiger partial charge on any atom is -0.352 e. The van der Waals surface area contributed by atoms with Gasteiger partial charge in [0.1, 0.15) is 12.1 Å². The summed E-state index contributed by atoms with van der Waals surface area (Å²) in [6.07, 6.45) is 9.17. The Morgan fingerprint density at radius 2 is 2.10 bits per heavy atom. The minimum absolute atomic E-state index is 0.485. The lowest BCUT2D eigenvalue weighted by Crippen LogP contribution is -2.42. The van der Waals surface area contributed by atoms with Gasteiger partial charge in [-0.3, -0.25) is 0 Å². The van der Waals surface area contributed by atoms with Gasteiger partial charge in [0.15, 0.2) is 0 Å². The number of hydrogen-bond acceptors (Lipinski definition) is 4. The summed E-state index contributed by atoms with van der Waals surface area (Å²) in [5.74, 6) is 1.19. The van der Waals surface area contributed by atoms with E-state index >= 15 is 0 Å². The molecule has 4 nitrogen and oxygen atoms in total. The highest BCUT2D eigenvalue weighted by atomic mass is 15.2. The lowest BCUT2D eigenvalue weighted by molar-refractivity contribution is 0.543. The third-order valence-electron chi connectivity index (χ3n) is 4.58. The Hall–Kier alpha value is -1.16. The molecule has 110 valence electrons. The number of fused-ring (bicyclic) bond motifs is 1. The maximum Gasteiger partial charge on any atom is 0.135 e. The van der Waals surface area contributed by atoms with E-state index in [-0.39, 0.29) is 0 Å². The van der Waals surface area contributed by atoms with E-state index in [0.29, 0.717) is 12.1 Å². The highest BCUT2D eigenvalue weighted by molar-refractivity contribution is 5.50. The zero-order valence-corrected chi connectivity index (χ0v) is 12.7. The van der Waals surface area contributed by atoms with Crippen molar-refractivity contribution in [3.05, 3.63) is 17.6 Å². The van der Waals surface area contributed by atoms with E-state index in [2.05, 4.69) is 34.0 Å². The molecule has 0 bridgehead atoms. The van der Waals surface area contributed by atoms with Gasteiger partial charge in [-0.25, -0.2) is 9.97 Å². The maximum atomic E-state index is 4.64. The van der Waals surface area contributed by atoms with E-state index in [9.17, 15) is 0 Å². The fourth-order valence-corrected chi connectivity index (χ4v) is 3.44. The van der Waals surface area contributed by atoms with Gasteiger partial charge in [0.25, 0.3) is 0 Å². The summed E-state index contributed by atoms with van der Waals surface area (Å²) in [6.45, 7) is 6.78. The molecule has 1 aliphatic carbocycles. The van der Waals surface area contributed by atoms with Crippen LogP contribution in [0.4, 0.5) is 5.82 Å². The quantitative estimate of drug-likeness (QED) is 0.915. The molecule has 0 radical (unpaired) electrons. The van der Waals surface area contributed by atoms with Crippen LogP contribution in [-0.4, -0.2) is 35.1 Å². The topological polar surface area (TPSA) is 41.0 Å². The van der Waals surface area contributed by atoms with Crippen molar-refractivity contribution < 1.29 is 0 Å². The van der Waals surface area contributed by atoms with Gasteiger partial charge in [-0.1, -0.05) is 0 Å². The lowest BCUT2D eigenvalue weighted by Gasteiger charge is -2.33. The van der Waals surface area contributed by atoms with Crippen LogP contribution < -0.4 is 10.2 Å². The van der Waals surface area contributed by atoms with Crippen molar-refractivity contribution in [1.82, 2.24) is 15.3 Å². The van der Waals surface area contributed by atoms with Gasteiger partial charge in [-0.05, 0) is 58.9 Å². The van der Waals surface area contributed by atoms with Gasteiger partial charge < -0.3 is 10.2 Å². The normalized spacial score (nSPS) is 22.1. The van der Waals surface area contributed by atoms with Crippen molar-refractivity contribution in [2.75, 3.05) is 18.0 Å². The fraction of sp³-hybridized carbons (Fsp3) is 0.750. The average Bonchev–Trinajstić information content (AvgIpc) is 2.97. The smallest absolute Gasteiger partial charge is 0.135 e. The van der Waals surface area contributed by atoms with Crippen LogP contribution in [0.2, 0.25) is 0 Å². The third-order valence-corrected chi connectivity index (χ3v) is 4.58. The first-order valence-electron chi connectivity index (χ1n) is 8.08. The second-order valence-corrected chi connectivity index (χ2v) is 6.37. The van der Waals surface area contributed by atoms with Gasteiger partial charge in [-0.2, -0.15) is 0 Å². The van der Waals surface area contributed by atoms with E-state index in [4.69, 9.17) is 0 Å². The Morgan fingerprint density at radius 3 is 2.85 bits per heavy atom. The Balaban J connectivity index is 1.86. The lowest BCUT2D eigenvalue weighted by atomic mass is 9.96. The van der Waals surface area contributed by atoms with E-state index < -0.39 is 0 Å². The molecule has 2 aliphatic rings. The summed E-state index contributed by atoms with van der Waals surface area (Å²) in [7, 11) is 0. The highest BCUT2D eigenvalue weighted by Gasteiger charge is 2.25. The number of aryl methyl sites for hydroxylation is 1. The largest absolute Gasteiger partial charge is 0.352 e. The molecule has 1 saturated heterocycles. The number of rotatable bonds is 4. The molecule has 1 aliphatic heterocycles. The van der Waals surface area contributed by atoms with Gasteiger partial charge in [0.05, 0.1) is 0 Å². The number of hydrogen-bond donors (Lipinski definition) is 1. The van der Waals surface area contributed by atoms with Crippen LogP contribution in [0.25, 0.3) is 0 Å².